The van der Waals surface area contributed by atoms with Crippen molar-refractivity contribution in [2.45, 2.75) is 0 Å². The lowest BCUT2D eigenvalue weighted by molar-refractivity contribution is 0.0690. The molecule has 0 amide bonds. The molecular formula is C20H11ClF4N4O2. The molecule has 4 aromatic rings. The summed E-state index contributed by atoms with van der Waals surface area (Å²) in [6, 6.07) is 7.93. The minimum absolute atomic E-state index is 0.00523. The maximum atomic E-state index is 14.5. The minimum atomic E-state index is -1.64. The summed E-state index contributed by atoms with van der Waals surface area (Å²) in [6.07, 6.45) is 0. The predicted octanol–water partition coefficient (Wildman–Crippen LogP) is 5.07. The van der Waals surface area contributed by atoms with Crippen molar-refractivity contribution in [2.75, 3.05) is 11.9 Å². The van der Waals surface area contributed by atoms with E-state index in [0.29, 0.717) is 0 Å². The molecular weight excluding hydrogens is 440 g/mol. The summed E-state index contributed by atoms with van der Waals surface area (Å²) in [4.78, 5) is 16.8. The Morgan fingerprint density at radius 1 is 1.06 bits per heavy atom. The van der Waals surface area contributed by atoms with Crippen LogP contribution in [0.25, 0.3) is 16.9 Å². The lowest BCUT2D eigenvalue weighted by Gasteiger charge is -2.22. The van der Waals surface area contributed by atoms with Crippen LogP contribution in [-0.4, -0.2) is 32.7 Å². The van der Waals surface area contributed by atoms with Crippen molar-refractivity contribution in [3.63, 3.8) is 0 Å². The Balaban J connectivity index is 2.00. The first-order valence-electron chi connectivity index (χ1n) is 8.64. The van der Waals surface area contributed by atoms with Gasteiger partial charge in [0.25, 0.3) is 0 Å². The van der Waals surface area contributed by atoms with Crippen LogP contribution in [0.3, 0.4) is 0 Å². The van der Waals surface area contributed by atoms with E-state index in [1.807, 2.05) is 0 Å². The van der Waals surface area contributed by atoms with Crippen LogP contribution < -0.4 is 4.90 Å². The number of fused-ring (bicyclic) bond motifs is 1. The smallest absolute Gasteiger partial charge is 0.356 e. The summed E-state index contributed by atoms with van der Waals surface area (Å²) >= 11 is 6.13. The van der Waals surface area contributed by atoms with Crippen LogP contribution in [0.15, 0.2) is 42.5 Å². The Kier molecular flexibility index (Phi) is 5.02. The van der Waals surface area contributed by atoms with E-state index in [1.54, 1.807) is 0 Å². The number of nitrogens with zero attached hydrogens (tertiary/aromatic N) is 4. The second-order valence-corrected chi connectivity index (χ2v) is 6.89. The van der Waals surface area contributed by atoms with Crippen molar-refractivity contribution in [3.05, 3.63) is 76.5 Å². The van der Waals surface area contributed by atoms with E-state index in [1.165, 1.54) is 36.2 Å². The highest BCUT2D eigenvalue weighted by Crippen LogP contribution is 2.35. The quantitative estimate of drug-likeness (QED) is 0.347. The first-order chi connectivity index (χ1) is 14.7. The van der Waals surface area contributed by atoms with Gasteiger partial charge in [0.2, 0.25) is 0 Å². The van der Waals surface area contributed by atoms with Gasteiger partial charge in [-0.1, -0.05) is 17.7 Å². The lowest BCUT2D eigenvalue weighted by atomic mass is 10.1. The predicted molar refractivity (Wildman–Crippen MR) is 105 cm³/mol. The number of aromatic nitrogens is 3. The van der Waals surface area contributed by atoms with Crippen molar-refractivity contribution in [2.24, 2.45) is 0 Å². The van der Waals surface area contributed by atoms with Gasteiger partial charge < -0.3 is 10.0 Å². The van der Waals surface area contributed by atoms with Gasteiger partial charge in [-0.25, -0.2) is 27.3 Å². The fourth-order valence-electron chi connectivity index (χ4n) is 3.08. The zero-order chi connectivity index (χ0) is 22.4. The van der Waals surface area contributed by atoms with Crippen molar-refractivity contribution in [3.8, 4) is 11.3 Å². The molecule has 0 atom stereocenters. The van der Waals surface area contributed by atoms with Crippen molar-refractivity contribution in [1.82, 2.24) is 14.6 Å². The summed E-state index contributed by atoms with van der Waals surface area (Å²) in [5.41, 5.74) is -0.570. The van der Waals surface area contributed by atoms with Gasteiger partial charge in [-0.15, -0.1) is 0 Å². The van der Waals surface area contributed by atoms with Crippen LogP contribution in [0.2, 0.25) is 5.02 Å². The molecule has 6 nitrogen and oxygen atoms in total. The Bertz CT molecular complexity index is 1320. The van der Waals surface area contributed by atoms with E-state index in [-0.39, 0.29) is 39.1 Å². The van der Waals surface area contributed by atoms with Crippen LogP contribution in [0.1, 0.15) is 10.5 Å². The van der Waals surface area contributed by atoms with Gasteiger partial charge in [-0.3, -0.25) is 0 Å². The van der Waals surface area contributed by atoms with Crippen LogP contribution in [-0.2, 0) is 0 Å². The molecule has 0 saturated heterocycles. The van der Waals surface area contributed by atoms with E-state index in [4.69, 9.17) is 11.6 Å². The first kappa shape index (κ1) is 20.6. The van der Waals surface area contributed by atoms with Crippen LogP contribution >= 0.6 is 11.6 Å². The number of aromatic carboxylic acids is 1. The highest BCUT2D eigenvalue weighted by molar-refractivity contribution is 6.33. The monoisotopic (exact) mass is 450 g/mol. The summed E-state index contributed by atoms with van der Waals surface area (Å²) in [5, 5.41) is 13.3. The van der Waals surface area contributed by atoms with Crippen LogP contribution in [0.4, 0.5) is 29.1 Å². The Hall–Kier alpha value is -3.66. The summed E-state index contributed by atoms with van der Waals surface area (Å²) < 4.78 is 56.5. The second kappa shape index (κ2) is 7.55. The molecule has 0 saturated carbocycles. The van der Waals surface area contributed by atoms with Crippen molar-refractivity contribution < 1.29 is 27.5 Å². The highest BCUT2D eigenvalue weighted by atomic mass is 35.5. The molecule has 31 heavy (non-hydrogen) atoms. The van der Waals surface area contributed by atoms with Gasteiger partial charge in [0.15, 0.2) is 28.8 Å². The number of hydrogen-bond donors (Lipinski definition) is 1. The van der Waals surface area contributed by atoms with E-state index in [9.17, 15) is 27.5 Å². The van der Waals surface area contributed by atoms with Gasteiger partial charge in [0, 0.05) is 24.7 Å². The number of hydrogen-bond acceptors (Lipinski definition) is 4. The average Bonchev–Trinajstić information content (AvgIpc) is 3.15. The van der Waals surface area contributed by atoms with Crippen LogP contribution in [0, 0.1) is 23.3 Å². The van der Waals surface area contributed by atoms with Gasteiger partial charge >= 0.3 is 5.97 Å². The number of rotatable bonds is 4. The molecule has 0 aliphatic heterocycles. The Labute approximate surface area is 176 Å². The normalized spacial score (nSPS) is 11.2. The molecule has 0 fully saturated rings. The molecule has 0 aliphatic rings. The molecule has 11 heteroatoms. The maximum Gasteiger partial charge on any atom is 0.356 e. The molecule has 0 aliphatic carbocycles. The minimum Gasteiger partial charge on any atom is -0.476 e. The molecule has 0 bridgehead atoms. The first-order valence-corrected chi connectivity index (χ1v) is 9.02. The second-order valence-electron chi connectivity index (χ2n) is 6.49. The number of carboxylic acid groups (broad SMARTS) is 1. The molecule has 0 radical (unpaired) electrons. The molecule has 0 unspecified atom stereocenters. The van der Waals surface area contributed by atoms with E-state index in [2.05, 4.69) is 10.1 Å². The van der Waals surface area contributed by atoms with E-state index in [0.717, 1.165) is 22.7 Å². The zero-order valence-electron chi connectivity index (χ0n) is 15.6. The SMILES string of the molecule is CN(c1c(F)cccc1Cl)c1cc(-c2cc(F)c(F)c(F)c2)nc2cc(C(=O)O)nn12. The van der Waals surface area contributed by atoms with Gasteiger partial charge in [-0.2, -0.15) is 9.61 Å². The fourth-order valence-corrected chi connectivity index (χ4v) is 3.37. The third-order valence-corrected chi connectivity index (χ3v) is 4.83. The topological polar surface area (TPSA) is 70.7 Å². The number of anilines is 2. The average molecular weight is 451 g/mol. The number of para-hydroxylation sites is 1. The number of halogens is 5. The van der Waals surface area contributed by atoms with E-state index >= 15 is 0 Å². The van der Waals surface area contributed by atoms with Gasteiger partial charge in [0.1, 0.15) is 11.6 Å². The zero-order valence-corrected chi connectivity index (χ0v) is 16.3. The molecule has 1 N–H and O–H groups in total. The Morgan fingerprint density at radius 3 is 2.35 bits per heavy atom. The fraction of sp³-hybridized carbons (Fsp3) is 0.0500. The number of carboxylic acids is 1. The summed E-state index contributed by atoms with van der Waals surface area (Å²) in [5.74, 6) is -6.43. The third kappa shape index (κ3) is 3.55. The van der Waals surface area contributed by atoms with Crippen molar-refractivity contribution in [1.29, 1.82) is 0 Å². The lowest BCUT2D eigenvalue weighted by Crippen LogP contribution is -2.17. The third-order valence-electron chi connectivity index (χ3n) is 4.52. The standard InChI is InChI=1S/C20H11ClF4N4O2/c1-28(19-10(21)3-2-4-11(19)22)17-8-14(9-5-12(23)18(25)13(24)6-9)26-16-7-15(20(30)31)27-29(16)17/h2-8H,1H3,(H,30,31). The molecule has 0 spiro atoms. The van der Waals surface area contributed by atoms with Crippen molar-refractivity contribution >= 4 is 34.7 Å². The van der Waals surface area contributed by atoms with E-state index < -0.39 is 29.2 Å². The van der Waals surface area contributed by atoms with Crippen LogP contribution in [0.5, 0.6) is 0 Å². The summed E-state index contributed by atoms with van der Waals surface area (Å²) in [7, 11) is 1.44. The molecule has 2 aromatic heterocycles. The Morgan fingerprint density at radius 2 is 1.74 bits per heavy atom. The largest absolute Gasteiger partial charge is 0.476 e. The molecule has 4 rings (SSSR count). The summed E-state index contributed by atoms with van der Waals surface area (Å²) in [6.45, 7) is 0. The molecule has 2 heterocycles. The van der Waals surface area contributed by atoms with Gasteiger partial charge in [-0.05, 0) is 24.3 Å². The number of benzene rings is 2. The molecule has 2 aromatic carbocycles. The molecule has 158 valence electrons. The maximum absolute atomic E-state index is 14.5. The van der Waals surface area contributed by atoms with Gasteiger partial charge in [0.05, 0.1) is 16.4 Å². The highest BCUT2D eigenvalue weighted by Gasteiger charge is 2.21. The number of carbonyl (C=O) groups is 1.